The molecule has 1 aromatic heterocycles. The van der Waals surface area contributed by atoms with Crippen molar-refractivity contribution in [1.29, 1.82) is 0 Å². The molecule has 10 heteroatoms. The van der Waals surface area contributed by atoms with Crippen molar-refractivity contribution in [3.05, 3.63) is 33.5 Å². The maximum Gasteiger partial charge on any atom is 0.573 e. The molecule has 21 heavy (non-hydrogen) atoms. The van der Waals surface area contributed by atoms with Gasteiger partial charge in [0.25, 0.3) is 0 Å². The van der Waals surface area contributed by atoms with Crippen LogP contribution in [0.1, 0.15) is 0 Å². The highest BCUT2D eigenvalue weighted by Gasteiger charge is 2.32. The Kier molecular flexibility index (Phi) is 4.57. The van der Waals surface area contributed by atoms with Gasteiger partial charge in [0.15, 0.2) is 0 Å². The number of ether oxygens (including phenoxy) is 2. The van der Waals surface area contributed by atoms with Gasteiger partial charge in [-0.2, -0.15) is 0 Å². The van der Waals surface area contributed by atoms with Crippen molar-refractivity contribution in [3.8, 4) is 17.4 Å². The Bertz CT molecular complexity index is 668. The number of benzene rings is 1. The van der Waals surface area contributed by atoms with Crippen LogP contribution in [0, 0.1) is 0 Å². The van der Waals surface area contributed by atoms with Gasteiger partial charge in [0.1, 0.15) is 28.1 Å². The average Bonchev–Trinajstić information content (AvgIpc) is 2.37. The molecule has 0 fully saturated rings. The Morgan fingerprint density at radius 3 is 2.48 bits per heavy atom. The lowest BCUT2D eigenvalue weighted by molar-refractivity contribution is -0.274. The Hall–Kier alpha value is -1.55. The number of hydrogen-bond acceptors (Lipinski definition) is 5. The van der Waals surface area contributed by atoms with E-state index in [1.807, 2.05) is 0 Å². The highest BCUT2D eigenvalue weighted by atomic mass is 79.9. The lowest BCUT2D eigenvalue weighted by atomic mass is 10.3. The molecule has 0 amide bonds. The van der Waals surface area contributed by atoms with Gasteiger partial charge in [-0.25, -0.2) is 9.97 Å². The second kappa shape index (κ2) is 6.06. The Balaban J connectivity index is 2.23. The molecular formula is C11H6Br2F3N3O2. The van der Waals surface area contributed by atoms with E-state index in [9.17, 15) is 13.2 Å². The van der Waals surface area contributed by atoms with E-state index in [2.05, 4.69) is 46.6 Å². The van der Waals surface area contributed by atoms with E-state index in [-0.39, 0.29) is 27.7 Å². The SMILES string of the molecule is Nc1ncnc(Oc2ccc(OC(F)(F)F)c(Br)c2)c1Br. The zero-order valence-electron chi connectivity index (χ0n) is 9.99. The molecule has 0 atom stereocenters. The molecule has 0 aliphatic heterocycles. The van der Waals surface area contributed by atoms with E-state index in [4.69, 9.17) is 10.5 Å². The molecule has 0 unspecified atom stereocenters. The number of anilines is 1. The van der Waals surface area contributed by atoms with Gasteiger partial charge in [-0.1, -0.05) is 0 Å². The van der Waals surface area contributed by atoms with Crippen LogP contribution in [0.3, 0.4) is 0 Å². The van der Waals surface area contributed by atoms with Gasteiger partial charge < -0.3 is 15.2 Å². The maximum absolute atomic E-state index is 12.2. The predicted molar refractivity (Wildman–Crippen MR) is 75.0 cm³/mol. The summed E-state index contributed by atoms with van der Waals surface area (Å²) in [5.41, 5.74) is 5.57. The smallest absolute Gasteiger partial charge is 0.438 e. The zero-order valence-corrected chi connectivity index (χ0v) is 13.2. The quantitative estimate of drug-likeness (QED) is 0.790. The molecule has 5 nitrogen and oxygen atoms in total. The maximum atomic E-state index is 12.2. The van der Waals surface area contributed by atoms with Crippen molar-refractivity contribution < 1.29 is 22.6 Å². The molecule has 2 N–H and O–H groups in total. The van der Waals surface area contributed by atoms with Gasteiger partial charge in [0, 0.05) is 0 Å². The molecule has 0 bridgehead atoms. The first-order valence-electron chi connectivity index (χ1n) is 5.25. The van der Waals surface area contributed by atoms with Gasteiger partial charge in [-0.3, -0.25) is 0 Å². The molecule has 2 aromatic rings. The second-order valence-electron chi connectivity index (χ2n) is 3.62. The van der Waals surface area contributed by atoms with E-state index in [0.717, 1.165) is 6.07 Å². The highest BCUT2D eigenvalue weighted by Crippen LogP contribution is 2.36. The predicted octanol–water partition coefficient (Wildman–Crippen LogP) is 4.27. The third-order valence-electron chi connectivity index (χ3n) is 2.13. The molecule has 0 saturated heterocycles. The van der Waals surface area contributed by atoms with Crippen LogP contribution in [0.5, 0.6) is 17.4 Å². The summed E-state index contributed by atoms with van der Waals surface area (Å²) in [7, 11) is 0. The molecule has 0 aliphatic carbocycles. The fourth-order valence-electron chi connectivity index (χ4n) is 1.30. The Morgan fingerprint density at radius 2 is 1.86 bits per heavy atom. The summed E-state index contributed by atoms with van der Waals surface area (Å²) in [5.74, 6) is 0.182. The lowest BCUT2D eigenvalue weighted by Crippen LogP contribution is -2.17. The van der Waals surface area contributed by atoms with E-state index < -0.39 is 6.36 Å². The van der Waals surface area contributed by atoms with E-state index in [1.54, 1.807) is 0 Å². The largest absolute Gasteiger partial charge is 0.573 e. The monoisotopic (exact) mass is 427 g/mol. The Labute approximate surface area is 133 Å². The number of nitrogens with two attached hydrogens (primary N) is 1. The number of halogens is 5. The molecule has 2 rings (SSSR count). The van der Waals surface area contributed by atoms with Gasteiger partial charge in [-0.05, 0) is 50.1 Å². The number of hydrogen-bond donors (Lipinski definition) is 1. The summed E-state index contributed by atoms with van der Waals surface area (Å²) < 4.78 is 46.1. The fraction of sp³-hybridized carbons (Fsp3) is 0.0909. The number of nitrogen functional groups attached to an aromatic ring is 1. The standard InChI is InChI=1S/C11H6Br2F3N3O2/c12-6-3-5(1-2-7(6)21-11(14,15)16)20-10-8(13)9(17)18-4-19-10/h1-4H,(H2,17,18,19). The van der Waals surface area contributed by atoms with Crippen LogP contribution in [0.4, 0.5) is 19.0 Å². The van der Waals surface area contributed by atoms with Gasteiger partial charge in [0.05, 0.1) is 4.47 Å². The van der Waals surface area contributed by atoms with E-state index in [1.165, 1.54) is 18.5 Å². The third-order valence-corrected chi connectivity index (χ3v) is 3.49. The molecule has 112 valence electrons. The summed E-state index contributed by atoms with van der Waals surface area (Å²) in [6.45, 7) is 0. The summed E-state index contributed by atoms with van der Waals surface area (Å²) in [4.78, 5) is 7.60. The minimum Gasteiger partial charge on any atom is -0.438 e. The normalized spacial score (nSPS) is 11.3. The fourth-order valence-corrected chi connectivity index (χ4v) is 2.03. The third kappa shape index (κ3) is 4.21. The van der Waals surface area contributed by atoms with Gasteiger partial charge in [-0.15, -0.1) is 13.2 Å². The highest BCUT2D eigenvalue weighted by molar-refractivity contribution is 9.11. The summed E-state index contributed by atoms with van der Waals surface area (Å²) in [6.07, 6.45) is -3.57. The number of alkyl halides is 3. The second-order valence-corrected chi connectivity index (χ2v) is 5.27. The Morgan fingerprint density at radius 1 is 1.14 bits per heavy atom. The minimum absolute atomic E-state index is 0.0791. The topological polar surface area (TPSA) is 70.3 Å². The first-order chi connectivity index (χ1) is 9.76. The van der Waals surface area contributed by atoms with Gasteiger partial charge >= 0.3 is 6.36 Å². The van der Waals surface area contributed by atoms with Crippen molar-refractivity contribution in [2.75, 3.05) is 5.73 Å². The molecule has 0 spiro atoms. The van der Waals surface area contributed by atoms with Crippen LogP contribution < -0.4 is 15.2 Å². The van der Waals surface area contributed by atoms with Crippen molar-refractivity contribution in [2.45, 2.75) is 6.36 Å². The first kappa shape index (κ1) is 15.8. The summed E-state index contributed by atoms with van der Waals surface area (Å²) in [6, 6.07) is 3.73. The van der Waals surface area contributed by atoms with Crippen LogP contribution in [-0.4, -0.2) is 16.3 Å². The van der Waals surface area contributed by atoms with Crippen LogP contribution in [0.2, 0.25) is 0 Å². The molecule has 0 saturated carbocycles. The van der Waals surface area contributed by atoms with Crippen molar-refractivity contribution in [1.82, 2.24) is 9.97 Å². The minimum atomic E-state index is -4.77. The number of aromatic nitrogens is 2. The lowest BCUT2D eigenvalue weighted by Gasteiger charge is -2.12. The first-order valence-corrected chi connectivity index (χ1v) is 6.84. The van der Waals surface area contributed by atoms with Crippen molar-refractivity contribution >= 4 is 37.7 Å². The van der Waals surface area contributed by atoms with E-state index >= 15 is 0 Å². The molecular weight excluding hydrogens is 423 g/mol. The number of nitrogens with zero attached hydrogens (tertiary/aromatic N) is 2. The van der Waals surface area contributed by atoms with Crippen LogP contribution in [-0.2, 0) is 0 Å². The van der Waals surface area contributed by atoms with E-state index in [0.29, 0.717) is 4.47 Å². The molecule has 0 aliphatic rings. The zero-order chi connectivity index (χ0) is 15.6. The average molecular weight is 429 g/mol. The van der Waals surface area contributed by atoms with Crippen molar-refractivity contribution in [3.63, 3.8) is 0 Å². The summed E-state index contributed by atoms with van der Waals surface area (Å²) >= 11 is 6.12. The van der Waals surface area contributed by atoms with Crippen LogP contribution in [0.15, 0.2) is 33.5 Å². The van der Waals surface area contributed by atoms with Crippen LogP contribution >= 0.6 is 31.9 Å². The molecule has 1 aromatic carbocycles. The van der Waals surface area contributed by atoms with Crippen LogP contribution in [0.25, 0.3) is 0 Å². The molecule has 1 heterocycles. The summed E-state index contributed by atoms with van der Waals surface area (Å²) in [5, 5.41) is 0. The van der Waals surface area contributed by atoms with Gasteiger partial charge in [0.2, 0.25) is 5.88 Å². The van der Waals surface area contributed by atoms with Crippen molar-refractivity contribution in [2.24, 2.45) is 0 Å². The number of rotatable bonds is 3. The molecule has 0 radical (unpaired) electrons.